The van der Waals surface area contributed by atoms with Crippen molar-refractivity contribution in [2.75, 3.05) is 6.54 Å². The summed E-state index contributed by atoms with van der Waals surface area (Å²) in [4.78, 5) is 0. The molecule has 0 aliphatic heterocycles. The number of rotatable bonds is 5. The van der Waals surface area contributed by atoms with Gasteiger partial charge in [0.25, 0.3) is 0 Å². The van der Waals surface area contributed by atoms with Gasteiger partial charge in [-0.05, 0) is 50.1 Å². The van der Waals surface area contributed by atoms with E-state index in [2.05, 4.69) is 11.4 Å². The first kappa shape index (κ1) is 11.1. The highest BCUT2D eigenvalue weighted by atomic mass is 35.5. The SMILES string of the molecule is Clc1ccc2oc(CCCNC3CC3)cc2c1. The second-order valence-electron chi connectivity index (χ2n) is 4.73. The van der Waals surface area contributed by atoms with Gasteiger partial charge in [0.15, 0.2) is 0 Å². The number of benzene rings is 1. The summed E-state index contributed by atoms with van der Waals surface area (Å²) in [5.74, 6) is 1.06. The fraction of sp³-hybridized carbons (Fsp3) is 0.429. The molecule has 2 nitrogen and oxygen atoms in total. The molecular weight excluding hydrogens is 234 g/mol. The molecule has 1 aromatic carbocycles. The van der Waals surface area contributed by atoms with Crippen molar-refractivity contribution in [1.29, 1.82) is 0 Å². The molecule has 0 amide bonds. The third-order valence-corrected chi connectivity index (χ3v) is 3.37. The number of nitrogens with one attached hydrogen (secondary N) is 1. The fourth-order valence-electron chi connectivity index (χ4n) is 2.05. The standard InChI is InChI=1S/C14H16ClNO/c15-11-3-6-14-10(8-11)9-13(17-14)2-1-7-16-12-4-5-12/h3,6,8-9,12,16H,1-2,4-5,7H2. The van der Waals surface area contributed by atoms with Gasteiger partial charge in [-0.2, -0.15) is 0 Å². The Morgan fingerprint density at radius 1 is 1.29 bits per heavy atom. The van der Waals surface area contributed by atoms with Crippen LogP contribution in [0, 0.1) is 0 Å². The molecular formula is C14H16ClNO. The van der Waals surface area contributed by atoms with Crippen LogP contribution in [-0.2, 0) is 6.42 Å². The zero-order chi connectivity index (χ0) is 11.7. The van der Waals surface area contributed by atoms with E-state index >= 15 is 0 Å². The molecule has 0 bridgehead atoms. The van der Waals surface area contributed by atoms with E-state index in [1.165, 1.54) is 12.8 Å². The van der Waals surface area contributed by atoms with Crippen LogP contribution in [-0.4, -0.2) is 12.6 Å². The minimum Gasteiger partial charge on any atom is -0.461 e. The van der Waals surface area contributed by atoms with Gasteiger partial charge in [0.05, 0.1) is 0 Å². The van der Waals surface area contributed by atoms with Gasteiger partial charge >= 0.3 is 0 Å². The van der Waals surface area contributed by atoms with Crippen molar-refractivity contribution in [2.24, 2.45) is 0 Å². The van der Waals surface area contributed by atoms with E-state index in [1.807, 2.05) is 18.2 Å². The zero-order valence-electron chi connectivity index (χ0n) is 9.71. The summed E-state index contributed by atoms with van der Waals surface area (Å²) >= 11 is 5.94. The maximum Gasteiger partial charge on any atom is 0.134 e. The summed E-state index contributed by atoms with van der Waals surface area (Å²) < 4.78 is 5.76. The van der Waals surface area contributed by atoms with E-state index in [4.69, 9.17) is 16.0 Å². The summed E-state index contributed by atoms with van der Waals surface area (Å²) in [6.07, 6.45) is 4.82. The lowest BCUT2D eigenvalue weighted by Crippen LogP contribution is -2.17. The minimum absolute atomic E-state index is 0.764. The normalized spacial score (nSPS) is 15.6. The Balaban J connectivity index is 1.60. The Bertz CT molecular complexity index is 516. The van der Waals surface area contributed by atoms with Crippen molar-refractivity contribution in [3.63, 3.8) is 0 Å². The van der Waals surface area contributed by atoms with Gasteiger partial charge in [-0.3, -0.25) is 0 Å². The molecule has 2 aromatic rings. The molecule has 1 aliphatic rings. The third kappa shape index (κ3) is 2.82. The van der Waals surface area contributed by atoms with Crippen molar-refractivity contribution in [2.45, 2.75) is 31.7 Å². The van der Waals surface area contributed by atoms with Crippen LogP contribution in [0.3, 0.4) is 0 Å². The maximum absolute atomic E-state index is 5.94. The molecule has 1 fully saturated rings. The fourth-order valence-corrected chi connectivity index (χ4v) is 2.23. The molecule has 1 N–H and O–H groups in total. The van der Waals surface area contributed by atoms with Crippen molar-refractivity contribution >= 4 is 22.6 Å². The lowest BCUT2D eigenvalue weighted by atomic mass is 10.2. The van der Waals surface area contributed by atoms with Crippen LogP contribution >= 0.6 is 11.6 Å². The average molecular weight is 250 g/mol. The summed E-state index contributed by atoms with van der Waals surface area (Å²) in [7, 11) is 0. The van der Waals surface area contributed by atoms with E-state index in [-0.39, 0.29) is 0 Å². The molecule has 17 heavy (non-hydrogen) atoms. The molecule has 0 atom stereocenters. The zero-order valence-corrected chi connectivity index (χ0v) is 10.5. The monoisotopic (exact) mass is 249 g/mol. The Morgan fingerprint density at radius 2 is 2.18 bits per heavy atom. The van der Waals surface area contributed by atoms with E-state index in [1.54, 1.807) is 0 Å². The van der Waals surface area contributed by atoms with E-state index in [0.29, 0.717) is 0 Å². The largest absolute Gasteiger partial charge is 0.461 e. The van der Waals surface area contributed by atoms with Crippen molar-refractivity contribution < 1.29 is 4.42 Å². The Labute approximate surface area is 106 Å². The first-order valence-electron chi connectivity index (χ1n) is 6.22. The summed E-state index contributed by atoms with van der Waals surface area (Å²) in [6.45, 7) is 1.09. The number of hydrogen-bond donors (Lipinski definition) is 1. The van der Waals surface area contributed by atoms with E-state index in [0.717, 1.165) is 47.2 Å². The number of halogens is 1. The topological polar surface area (TPSA) is 25.2 Å². The molecule has 0 spiro atoms. The predicted octanol–water partition coefficient (Wildman–Crippen LogP) is 3.77. The maximum atomic E-state index is 5.94. The van der Waals surface area contributed by atoms with Gasteiger partial charge in [0.2, 0.25) is 0 Å². The first-order chi connectivity index (χ1) is 8.31. The highest BCUT2D eigenvalue weighted by molar-refractivity contribution is 6.31. The van der Waals surface area contributed by atoms with Crippen LogP contribution in [0.2, 0.25) is 5.02 Å². The van der Waals surface area contributed by atoms with Crippen LogP contribution in [0.25, 0.3) is 11.0 Å². The van der Waals surface area contributed by atoms with Crippen LogP contribution in [0.1, 0.15) is 25.0 Å². The Morgan fingerprint density at radius 3 is 3.00 bits per heavy atom. The molecule has 90 valence electrons. The van der Waals surface area contributed by atoms with Crippen LogP contribution in [0.5, 0.6) is 0 Å². The molecule has 1 aromatic heterocycles. The second kappa shape index (κ2) is 4.71. The highest BCUT2D eigenvalue weighted by Gasteiger charge is 2.19. The van der Waals surface area contributed by atoms with Crippen LogP contribution in [0.4, 0.5) is 0 Å². The molecule has 0 saturated heterocycles. The Kier molecular flexibility index (Phi) is 3.08. The third-order valence-electron chi connectivity index (χ3n) is 3.14. The van der Waals surface area contributed by atoms with Gasteiger partial charge < -0.3 is 9.73 Å². The average Bonchev–Trinajstić information content (AvgIpc) is 3.04. The number of furan rings is 1. The van der Waals surface area contributed by atoms with Gasteiger partial charge in [0.1, 0.15) is 11.3 Å². The van der Waals surface area contributed by atoms with Crippen molar-refractivity contribution in [3.05, 3.63) is 35.0 Å². The van der Waals surface area contributed by atoms with Gasteiger partial charge in [-0.25, -0.2) is 0 Å². The summed E-state index contributed by atoms with van der Waals surface area (Å²) in [5, 5.41) is 5.37. The molecule has 1 saturated carbocycles. The smallest absolute Gasteiger partial charge is 0.134 e. The van der Waals surface area contributed by atoms with Gasteiger partial charge in [-0.15, -0.1) is 0 Å². The summed E-state index contributed by atoms with van der Waals surface area (Å²) in [6, 6.07) is 8.64. The first-order valence-corrected chi connectivity index (χ1v) is 6.60. The minimum atomic E-state index is 0.764. The highest BCUT2D eigenvalue weighted by Crippen LogP contribution is 2.24. The van der Waals surface area contributed by atoms with E-state index < -0.39 is 0 Å². The molecule has 1 aliphatic carbocycles. The second-order valence-corrected chi connectivity index (χ2v) is 5.16. The van der Waals surface area contributed by atoms with Crippen molar-refractivity contribution in [3.8, 4) is 0 Å². The number of hydrogen-bond acceptors (Lipinski definition) is 2. The van der Waals surface area contributed by atoms with Crippen LogP contribution < -0.4 is 5.32 Å². The van der Waals surface area contributed by atoms with Gasteiger partial charge in [-0.1, -0.05) is 11.6 Å². The number of aryl methyl sites for hydroxylation is 1. The quantitative estimate of drug-likeness (QED) is 0.816. The lowest BCUT2D eigenvalue weighted by molar-refractivity contribution is 0.528. The lowest BCUT2D eigenvalue weighted by Gasteiger charge is -1.99. The molecule has 3 heteroatoms. The molecule has 0 unspecified atom stereocenters. The van der Waals surface area contributed by atoms with E-state index in [9.17, 15) is 0 Å². The summed E-state index contributed by atoms with van der Waals surface area (Å²) in [5.41, 5.74) is 0.930. The molecule has 0 radical (unpaired) electrons. The van der Waals surface area contributed by atoms with Crippen molar-refractivity contribution in [1.82, 2.24) is 5.32 Å². The molecule has 1 heterocycles. The Hall–Kier alpha value is -0.990. The number of fused-ring (bicyclic) bond motifs is 1. The van der Waals surface area contributed by atoms with Crippen LogP contribution in [0.15, 0.2) is 28.7 Å². The predicted molar refractivity (Wildman–Crippen MR) is 70.6 cm³/mol. The molecule has 3 rings (SSSR count). The van der Waals surface area contributed by atoms with Gasteiger partial charge in [0, 0.05) is 22.9 Å².